The number of hydrogen-bond acceptors (Lipinski definition) is 4. The predicted molar refractivity (Wildman–Crippen MR) is 79.5 cm³/mol. The SMILES string of the molecule is COc1ccc2cc(C(C)(C)OS(C)(=O)=O)ccc2c1. The number of methoxy groups -OCH3 is 1. The number of rotatable bonds is 4. The highest BCUT2D eigenvalue weighted by atomic mass is 32.2. The van der Waals surface area contributed by atoms with Crippen LogP contribution in [0, 0.1) is 0 Å². The molecule has 0 amide bonds. The van der Waals surface area contributed by atoms with Crippen molar-refractivity contribution in [2.45, 2.75) is 19.4 Å². The van der Waals surface area contributed by atoms with E-state index in [1.807, 2.05) is 36.4 Å². The second-order valence-corrected chi connectivity index (χ2v) is 6.80. The van der Waals surface area contributed by atoms with Crippen LogP contribution in [0.2, 0.25) is 0 Å². The summed E-state index contributed by atoms with van der Waals surface area (Å²) in [5.74, 6) is 0.789. The summed E-state index contributed by atoms with van der Waals surface area (Å²) in [5.41, 5.74) is -0.0950. The van der Waals surface area contributed by atoms with E-state index < -0.39 is 15.7 Å². The zero-order chi connectivity index (χ0) is 15.0. The highest BCUT2D eigenvalue weighted by Gasteiger charge is 2.26. The van der Waals surface area contributed by atoms with Crippen LogP contribution in [0.5, 0.6) is 5.75 Å². The van der Waals surface area contributed by atoms with Crippen molar-refractivity contribution in [2.24, 2.45) is 0 Å². The van der Waals surface area contributed by atoms with Gasteiger partial charge >= 0.3 is 0 Å². The van der Waals surface area contributed by atoms with E-state index in [2.05, 4.69) is 0 Å². The number of hydrogen-bond donors (Lipinski definition) is 0. The molecule has 2 aromatic rings. The Labute approximate surface area is 119 Å². The molecule has 0 aliphatic carbocycles. The van der Waals surface area contributed by atoms with Gasteiger partial charge in [-0.2, -0.15) is 8.42 Å². The summed E-state index contributed by atoms with van der Waals surface area (Å²) in [7, 11) is -1.89. The van der Waals surface area contributed by atoms with Crippen molar-refractivity contribution < 1.29 is 17.3 Å². The average molecular weight is 294 g/mol. The molecule has 0 saturated heterocycles. The maximum Gasteiger partial charge on any atom is 0.265 e. The molecular weight excluding hydrogens is 276 g/mol. The Bertz CT molecular complexity index is 733. The van der Waals surface area contributed by atoms with Crippen molar-refractivity contribution in [3.63, 3.8) is 0 Å². The van der Waals surface area contributed by atoms with Gasteiger partial charge in [0.15, 0.2) is 0 Å². The summed E-state index contributed by atoms with van der Waals surface area (Å²) in [5, 5.41) is 2.04. The molecule has 0 fully saturated rings. The zero-order valence-electron chi connectivity index (χ0n) is 12.0. The standard InChI is InChI=1S/C15H18O4S/c1-15(2,19-20(4,16)17)13-7-5-12-10-14(18-3)8-6-11(12)9-13/h5-10H,1-4H3. The van der Waals surface area contributed by atoms with E-state index in [1.165, 1.54) is 0 Å². The predicted octanol–water partition coefficient (Wildman–Crippen LogP) is 3.06. The normalized spacial score (nSPS) is 12.6. The molecule has 2 rings (SSSR count). The first-order valence-electron chi connectivity index (χ1n) is 6.20. The van der Waals surface area contributed by atoms with Crippen molar-refractivity contribution in [1.82, 2.24) is 0 Å². The lowest BCUT2D eigenvalue weighted by Gasteiger charge is -2.24. The minimum absolute atomic E-state index is 0.789. The topological polar surface area (TPSA) is 52.6 Å². The van der Waals surface area contributed by atoms with Gasteiger partial charge in [0.25, 0.3) is 10.1 Å². The molecule has 0 aliphatic rings. The highest BCUT2D eigenvalue weighted by Crippen LogP contribution is 2.30. The second-order valence-electron chi connectivity index (χ2n) is 5.23. The van der Waals surface area contributed by atoms with Crippen LogP contribution < -0.4 is 4.74 Å². The molecule has 0 radical (unpaired) electrons. The fourth-order valence-corrected chi connectivity index (χ4v) is 3.00. The molecule has 108 valence electrons. The first-order chi connectivity index (χ1) is 9.21. The fourth-order valence-electron chi connectivity index (χ4n) is 2.15. The maximum absolute atomic E-state index is 11.3. The molecule has 5 heteroatoms. The Morgan fingerprint density at radius 1 is 1.00 bits per heavy atom. The Hall–Kier alpha value is -1.59. The lowest BCUT2D eigenvalue weighted by atomic mass is 9.95. The van der Waals surface area contributed by atoms with Gasteiger partial charge in [0.2, 0.25) is 0 Å². The number of ether oxygens (including phenoxy) is 1. The van der Waals surface area contributed by atoms with Crippen LogP contribution >= 0.6 is 0 Å². The summed E-state index contributed by atoms with van der Waals surface area (Å²) in [6, 6.07) is 11.5. The van der Waals surface area contributed by atoms with E-state index in [4.69, 9.17) is 8.92 Å². The lowest BCUT2D eigenvalue weighted by Crippen LogP contribution is -2.25. The van der Waals surface area contributed by atoms with Gasteiger partial charge in [-0.3, -0.25) is 4.18 Å². The van der Waals surface area contributed by atoms with Crippen molar-refractivity contribution in [2.75, 3.05) is 13.4 Å². The van der Waals surface area contributed by atoms with Gasteiger partial charge in [-0.15, -0.1) is 0 Å². The number of fused-ring (bicyclic) bond motifs is 1. The highest BCUT2D eigenvalue weighted by molar-refractivity contribution is 7.86. The molecule has 4 nitrogen and oxygen atoms in total. The molecular formula is C15H18O4S. The van der Waals surface area contributed by atoms with E-state index >= 15 is 0 Å². The first-order valence-corrected chi connectivity index (χ1v) is 8.02. The Morgan fingerprint density at radius 3 is 2.20 bits per heavy atom. The van der Waals surface area contributed by atoms with Crippen LogP contribution in [0.1, 0.15) is 19.4 Å². The fraction of sp³-hybridized carbons (Fsp3) is 0.333. The molecule has 0 atom stereocenters. The van der Waals surface area contributed by atoms with Crippen molar-refractivity contribution >= 4 is 20.9 Å². The third kappa shape index (κ3) is 3.29. The molecule has 0 N–H and O–H groups in total. The van der Waals surface area contributed by atoms with Crippen molar-refractivity contribution in [3.05, 3.63) is 42.0 Å². The van der Waals surface area contributed by atoms with Crippen LogP contribution in [-0.4, -0.2) is 21.8 Å². The molecule has 0 aromatic heterocycles. The van der Waals surface area contributed by atoms with Gasteiger partial charge in [-0.05, 0) is 48.4 Å². The van der Waals surface area contributed by atoms with Gasteiger partial charge in [0.05, 0.1) is 13.4 Å². The number of benzene rings is 2. The zero-order valence-corrected chi connectivity index (χ0v) is 12.8. The van der Waals surface area contributed by atoms with Gasteiger partial charge in [0.1, 0.15) is 11.4 Å². The van der Waals surface area contributed by atoms with Crippen LogP contribution in [0.4, 0.5) is 0 Å². The molecule has 0 saturated carbocycles. The molecule has 2 aromatic carbocycles. The summed E-state index contributed by atoms with van der Waals surface area (Å²) in [6.07, 6.45) is 1.06. The molecule has 0 heterocycles. The third-order valence-electron chi connectivity index (χ3n) is 3.10. The minimum Gasteiger partial charge on any atom is -0.497 e. The summed E-state index contributed by atoms with van der Waals surface area (Å²) in [4.78, 5) is 0. The molecule has 0 bridgehead atoms. The second kappa shape index (κ2) is 5.07. The maximum atomic E-state index is 11.3. The molecule has 0 unspecified atom stereocenters. The van der Waals surface area contributed by atoms with Gasteiger partial charge in [-0.1, -0.05) is 18.2 Å². The third-order valence-corrected chi connectivity index (χ3v) is 3.82. The van der Waals surface area contributed by atoms with Crippen molar-refractivity contribution in [3.8, 4) is 5.75 Å². The lowest BCUT2D eigenvalue weighted by molar-refractivity contribution is 0.119. The molecule has 0 aliphatic heterocycles. The summed E-state index contributed by atoms with van der Waals surface area (Å²) in [6.45, 7) is 3.47. The molecule has 20 heavy (non-hydrogen) atoms. The minimum atomic E-state index is -3.51. The monoisotopic (exact) mass is 294 g/mol. The average Bonchev–Trinajstić information content (AvgIpc) is 2.34. The summed E-state index contributed by atoms with van der Waals surface area (Å²) >= 11 is 0. The first kappa shape index (κ1) is 14.8. The van der Waals surface area contributed by atoms with Crippen LogP contribution in [0.25, 0.3) is 10.8 Å². The van der Waals surface area contributed by atoms with E-state index in [9.17, 15) is 8.42 Å². The van der Waals surface area contributed by atoms with E-state index in [0.717, 1.165) is 28.3 Å². The van der Waals surface area contributed by atoms with Crippen LogP contribution in [-0.2, 0) is 19.9 Å². The van der Waals surface area contributed by atoms with Crippen molar-refractivity contribution in [1.29, 1.82) is 0 Å². The Kier molecular flexibility index (Phi) is 3.75. The van der Waals surface area contributed by atoms with Crippen LogP contribution in [0.3, 0.4) is 0 Å². The largest absolute Gasteiger partial charge is 0.497 e. The Balaban J connectivity index is 2.46. The van der Waals surface area contributed by atoms with Gasteiger partial charge in [-0.25, -0.2) is 0 Å². The van der Waals surface area contributed by atoms with Gasteiger partial charge in [0, 0.05) is 0 Å². The van der Waals surface area contributed by atoms with E-state index in [1.54, 1.807) is 21.0 Å². The molecule has 0 spiro atoms. The van der Waals surface area contributed by atoms with E-state index in [-0.39, 0.29) is 0 Å². The summed E-state index contributed by atoms with van der Waals surface area (Å²) < 4.78 is 33.0. The van der Waals surface area contributed by atoms with E-state index in [0.29, 0.717) is 0 Å². The quantitative estimate of drug-likeness (QED) is 0.813. The van der Waals surface area contributed by atoms with Gasteiger partial charge < -0.3 is 4.74 Å². The Morgan fingerprint density at radius 2 is 1.60 bits per heavy atom. The smallest absolute Gasteiger partial charge is 0.265 e. The van der Waals surface area contributed by atoms with Crippen LogP contribution in [0.15, 0.2) is 36.4 Å².